The van der Waals surface area contributed by atoms with E-state index in [0.717, 1.165) is 29.7 Å². The average molecular weight is 242 g/mol. The average Bonchev–Trinajstić information content (AvgIpc) is 3.12. The Morgan fingerprint density at radius 1 is 1.33 bits per heavy atom. The van der Waals surface area contributed by atoms with Crippen molar-refractivity contribution in [3.63, 3.8) is 0 Å². The van der Waals surface area contributed by atoms with E-state index in [4.69, 9.17) is 0 Å². The van der Waals surface area contributed by atoms with Gasteiger partial charge in [-0.2, -0.15) is 5.10 Å². The first-order valence-electron chi connectivity index (χ1n) is 6.10. The highest BCUT2D eigenvalue weighted by atomic mass is 16.4. The number of H-pyrrole nitrogens is 1. The van der Waals surface area contributed by atoms with E-state index >= 15 is 0 Å². The molecule has 2 aromatic rings. The van der Waals surface area contributed by atoms with Crippen molar-refractivity contribution in [1.82, 2.24) is 10.2 Å². The van der Waals surface area contributed by atoms with Crippen molar-refractivity contribution in [3.8, 4) is 0 Å². The summed E-state index contributed by atoms with van der Waals surface area (Å²) in [6.45, 7) is 0. The van der Waals surface area contributed by atoms with Crippen molar-refractivity contribution in [1.29, 1.82) is 0 Å². The number of aromatic amines is 1. The second-order valence-electron chi connectivity index (χ2n) is 4.71. The third-order valence-corrected chi connectivity index (χ3v) is 3.31. The molecule has 0 atom stereocenters. The van der Waals surface area contributed by atoms with Gasteiger partial charge >= 0.3 is 5.97 Å². The molecule has 0 radical (unpaired) electrons. The molecule has 1 aliphatic carbocycles. The summed E-state index contributed by atoms with van der Waals surface area (Å²) in [5.41, 5.74) is 3.14. The molecule has 0 saturated heterocycles. The molecule has 2 N–H and O–H groups in total. The minimum Gasteiger partial charge on any atom is -0.476 e. The fraction of sp³-hybridized carbons (Fsp3) is 0.286. The molecule has 1 fully saturated rings. The Balaban J connectivity index is 1.98. The highest BCUT2D eigenvalue weighted by Crippen LogP contribution is 2.41. The lowest BCUT2D eigenvalue weighted by molar-refractivity contribution is 0.0689. The molecule has 1 heterocycles. The fourth-order valence-corrected chi connectivity index (χ4v) is 2.24. The normalized spacial score (nSPS) is 14.7. The molecule has 1 aromatic carbocycles. The molecule has 0 unspecified atom stereocenters. The number of carboxylic acid groups (broad SMARTS) is 1. The van der Waals surface area contributed by atoms with E-state index in [9.17, 15) is 9.90 Å². The summed E-state index contributed by atoms with van der Waals surface area (Å²) in [5, 5.41) is 16.0. The molecule has 0 amide bonds. The predicted molar refractivity (Wildman–Crippen MR) is 66.8 cm³/mol. The van der Waals surface area contributed by atoms with Crippen LogP contribution in [0.15, 0.2) is 30.3 Å². The Morgan fingerprint density at radius 3 is 2.67 bits per heavy atom. The van der Waals surface area contributed by atoms with Gasteiger partial charge in [-0.1, -0.05) is 30.3 Å². The summed E-state index contributed by atoms with van der Waals surface area (Å²) >= 11 is 0. The molecule has 4 heteroatoms. The number of benzene rings is 1. The number of nitrogens with zero attached hydrogens (tertiary/aromatic N) is 1. The first-order chi connectivity index (χ1) is 8.75. The van der Waals surface area contributed by atoms with E-state index in [-0.39, 0.29) is 5.69 Å². The van der Waals surface area contributed by atoms with E-state index < -0.39 is 5.97 Å². The van der Waals surface area contributed by atoms with E-state index in [1.807, 2.05) is 30.3 Å². The number of rotatable bonds is 4. The van der Waals surface area contributed by atoms with Crippen LogP contribution in [0.25, 0.3) is 0 Å². The lowest BCUT2D eigenvalue weighted by atomic mass is 10.0. The largest absolute Gasteiger partial charge is 0.476 e. The van der Waals surface area contributed by atoms with E-state index in [1.54, 1.807) is 0 Å². The minimum atomic E-state index is -0.955. The molecule has 4 nitrogen and oxygen atoms in total. The molecular weight excluding hydrogens is 228 g/mol. The molecule has 3 rings (SSSR count). The molecule has 0 bridgehead atoms. The maximum absolute atomic E-state index is 11.2. The first-order valence-corrected chi connectivity index (χ1v) is 6.10. The summed E-state index contributed by atoms with van der Waals surface area (Å²) in [7, 11) is 0. The molecule has 0 aliphatic heterocycles. The van der Waals surface area contributed by atoms with Crippen molar-refractivity contribution in [2.75, 3.05) is 0 Å². The van der Waals surface area contributed by atoms with E-state index in [0.29, 0.717) is 12.3 Å². The molecule has 1 aliphatic rings. The van der Waals surface area contributed by atoms with Gasteiger partial charge in [0.2, 0.25) is 0 Å². The zero-order valence-corrected chi connectivity index (χ0v) is 9.89. The Labute approximate surface area is 105 Å². The van der Waals surface area contributed by atoms with Gasteiger partial charge in [0, 0.05) is 23.6 Å². The Kier molecular flexibility index (Phi) is 2.63. The standard InChI is InChI=1S/C14H14N2O2/c17-14(18)13-11(8-9-4-2-1-3-5-9)12(15-16-13)10-6-7-10/h1-5,10H,6-8H2,(H,15,16)(H,17,18). The van der Waals surface area contributed by atoms with Crippen LogP contribution in [0.5, 0.6) is 0 Å². The van der Waals surface area contributed by atoms with Gasteiger partial charge in [-0.05, 0) is 18.4 Å². The second-order valence-corrected chi connectivity index (χ2v) is 4.71. The van der Waals surface area contributed by atoms with Crippen LogP contribution in [0.3, 0.4) is 0 Å². The van der Waals surface area contributed by atoms with Gasteiger partial charge < -0.3 is 5.11 Å². The van der Waals surface area contributed by atoms with Gasteiger partial charge in [0.25, 0.3) is 0 Å². The van der Waals surface area contributed by atoms with Gasteiger partial charge in [0.1, 0.15) is 0 Å². The maximum atomic E-state index is 11.2. The number of hydrogen-bond donors (Lipinski definition) is 2. The van der Waals surface area contributed by atoms with Crippen molar-refractivity contribution in [3.05, 3.63) is 52.8 Å². The summed E-state index contributed by atoms with van der Waals surface area (Å²) in [6.07, 6.45) is 2.89. The summed E-state index contributed by atoms with van der Waals surface area (Å²) in [6, 6.07) is 9.91. The highest BCUT2D eigenvalue weighted by molar-refractivity contribution is 5.87. The minimum absolute atomic E-state index is 0.167. The van der Waals surface area contributed by atoms with Crippen LogP contribution in [0.4, 0.5) is 0 Å². The number of hydrogen-bond acceptors (Lipinski definition) is 2. The third-order valence-electron chi connectivity index (χ3n) is 3.31. The van der Waals surface area contributed by atoms with Gasteiger partial charge in [-0.15, -0.1) is 0 Å². The monoisotopic (exact) mass is 242 g/mol. The Morgan fingerprint density at radius 2 is 2.06 bits per heavy atom. The smallest absolute Gasteiger partial charge is 0.356 e. The third kappa shape index (κ3) is 2.01. The van der Waals surface area contributed by atoms with Crippen LogP contribution in [0.2, 0.25) is 0 Å². The molecular formula is C14H14N2O2. The summed E-state index contributed by atoms with van der Waals surface area (Å²) < 4.78 is 0. The number of aromatic nitrogens is 2. The molecule has 1 saturated carbocycles. The summed E-state index contributed by atoms with van der Waals surface area (Å²) in [4.78, 5) is 11.2. The molecule has 18 heavy (non-hydrogen) atoms. The van der Waals surface area contributed by atoms with Crippen molar-refractivity contribution in [2.24, 2.45) is 0 Å². The molecule has 92 valence electrons. The Hall–Kier alpha value is -2.10. The second kappa shape index (κ2) is 4.29. The first kappa shape index (κ1) is 11.0. The van der Waals surface area contributed by atoms with Crippen LogP contribution < -0.4 is 0 Å². The fourth-order valence-electron chi connectivity index (χ4n) is 2.24. The van der Waals surface area contributed by atoms with Crippen LogP contribution in [0.1, 0.15) is 46.1 Å². The molecule has 0 spiro atoms. The predicted octanol–water partition coefficient (Wildman–Crippen LogP) is 2.58. The molecule has 1 aromatic heterocycles. The van der Waals surface area contributed by atoms with Crippen LogP contribution in [-0.4, -0.2) is 21.3 Å². The SMILES string of the molecule is O=C(O)c1n[nH]c(C2CC2)c1Cc1ccccc1. The van der Waals surface area contributed by atoms with Crippen LogP contribution in [0, 0.1) is 0 Å². The van der Waals surface area contributed by atoms with Crippen LogP contribution in [-0.2, 0) is 6.42 Å². The van der Waals surface area contributed by atoms with Gasteiger partial charge in [0.05, 0.1) is 0 Å². The Bertz CT molecular complexity index is 571. The summed E-state index contributed by atoms with van der Waals surface area (Å²) in [5.74, 6) is -0.478. The van der Waals surface area contributed by atoms with Crippen molar-refractivity contribution >= 4 is 5.97 Å². The zero-order valence-electron chi connectivity index (χ0n) is 9.89. The number of carbonyl (C=O) groups is 1. The van der Waals surface area contributed by atoms with Gasteiger partial charge in [-0.25, -0.2) is 4.79 Å². The van der Waals surface area contributed by atoms with Gasteiger partial charge in [-0.3, -0.25) is 5.10 Å². The highest BCUT2D eigenvalue weighted by Gasteiger charge is 2.31. The number of carboxylic acids is 1. The van der Waals surface area contributed by atoms with E-state index in [2.05, 4.69) is 10.2 Å². The zero-order chi connectivity index (χ0) is 12.5. The number of aromatic carboxylic acids is 1. The topological polar surface area (TPSA) is 66.0 Å². The van der Waals surface area contributed by atoms with E-state index in [1.165, 1.54) is 0 Å². The lowest BCUT2D eigenvalue weighted by Crippen LogP contribution is -2.03. The number of nitrogens with one attached hydrogen (secondary N) is 1. The van der Waals surface area contributed by atoms with Crippen molar-refractivity contribution < 1.29 is 9.90 Å². The maximum Gasteiger partial charge on any atom is 0.356 e. The lowest BCUT2D eigenvalue weighted by Gasteiger charge is -2.03. The quantitative estimate of drug-likeness (QED) is 0.866. The van der Waals surface area contributed by atoms with Gasteiger partial charge in [0.15, 0.2) is 5.69 Å². The van der Waals surface area contributed by atoms with Crippen LogP contribution >= 0.6 is 0 Å². The van der Waals surface area contributed by atoms with Crippen molar-refractivity contribution in [2.45, 2.75) is 25.2 Å².